The molecule has 1 unspecified atom stereocenters. The molecule has 2 aliphatic rings. The Hall–Kier alpha value is -0.160. The first-order valence-electron chi connectivity index (χ1n) is 6.02. The van der Waals surface area contributed by atoms with E-state index in [4.69, 9.17) is 10.5 Å². The van der Waals surface area contributed by atoms with Gasteiger partial charge in [0.05, 0.1) is 6.61 Å². The van der Waals surface area contributed by atoms with E-state index in [1.807, 2.05) is 0 Å². The van der Waals surface area contributed by atoms with Crippen LogP contribution < -0.4 is 5.73 Å². The van der Waals surface area contributed by atoms with Crippen LogP contribution in [0.4, 0.5) is 0 Å². The summed E-state index contributed by atoms with van der Waals surface area (Å²) < 4.78 is 5.20. The van der Waals surface area contributed by atoms with Crippen LogP contribution in [0.2, 0.25) is 0 Å². The fraction of sp³-hybridized carbons (Fsp3) is 1.00. The van der Waals surface area contributed by atoms with Crippen LogP contribution in [0.3, 0.4) is 0 Å². The topological polar surface area (TPSA) is 41.7 Å². The van der Waals surface area contributed by atoms with Gasteiger partial charge < -0.3 is 10.5 Å². The lowest BCUT2D eigenvalue weighted by Gasteiger charge is -2.38. The second-order valence-corrected chi connectivity index (χ2v) is 4.65. The molecule has 1 aliphatic carbocycles. The maximum atomic E-state index is 5.76. The highest BCUT2D eigenvalue weighted by molar-refractivity contribution is 4.89. The minimum absolute atomic E-state index is 0.413. The highest BCUT2D eigenvalue weighted by Crippen LogP contribution is 2.27. The van der Waals surface area contributed by atoms with E-state index < -0.39 is 0 Å². The average molecular weight is 213 g/mol. The van der Waals surface area contributed by atoms with Gasteiger partial charge in [-0.25, -0.2) is 0 Å². The fourth-order valence-corrected chi connectivity index (χ4v) is 2.42. The highest BCUT2D eigenvalue weighted by atomic mass is 16.5. The molecule has 2 rings (SSSR count). The van der Waals surface area contributed by atoms with E-state index in [1.54, 1.807) is 7.11 Å². The van der Waals surface area contributed by atoms with Gasteiger partial charge in [-0.2, -0.15) is 0 Å². The predicted molar refractivity (Wildman–Crippen MR) is 60.9 cm³/mol. The summed E-state index contributed by atoms with van der Waals surface area (Å²) in [5, 5.41) is 0. The number of methoxy groups -OCH3 is 1. The Morgan fingerprint density at radius 3 is 2.40 bits per heavy atom. The van der Waals surface area contributed by atoms with Gasteiger partial charge in [0.25, 0.3) is 0 Å². The average Bonchev–Trinajstić information content (AvgIpc) is 3.10. The van der Waals surface area contributed by atoms with Gasteiger partial charge in [0.1, 0.15) is 0 Å². The van der Waals surface area contributed by atoms with E-state index in [-0.39, 0.29) is 0 Å². The van der Waals surface area contributed by atoms with Crippen LogP contribution in [-0.2, 0) is 4.74 Å². The van der Waals surface area contributed by atoms with Gasteiger partial charge in [0, 0.05) is 51.9 Å². The van der Waals surface area contributed by atoms with Gasteiger partial charge in [-0.3, -0.25) is 9.80 Å². The second kappa shape index (κ2) is 5.25. The van der Waals surface area contributed by atoms with E-state index >= 15 is 0 Å². The molecule has 1 saturated heterocycles. The molecule has 2 fully saturated rings. The lowest BCUT2D eigenvalue weighted by molar-refractivity contribution is 0.0507. The van der Waals surface area contributed by atoms with Crippen molar-refractivity contribution in [3.63, 3.8) is 0 Å². The Morgan fingerprint density at radius 2 is 1.93 bits per heavy atom. The number of nitrogens with zero attached hydrogens (tertiary/aromatic N) is 2. The number of ether oxygens (including phenoxy) is 1. The molecule has 0 aromatic carbocycles. The zero-order chi connectivity index (χ0) is 10.7. The van der Waals surface area contributed by atoms with Gasteiger partial charge in [-0.15, -0.1) is 0 Å². The zero-order valence-corrected chi connectivity index (χ0v) is 9.69. The van der Waals surface area contributed by atoms with Gasteiger partial charge in [-0.05, 0) is 12.8 Å². The molecule has 15 heavy (non-hydrogen) atoms. The molecule has 0 bridgehead atoms. The minimum Gasteiger partial charge on any atom is -0.383 e. The zero-order valence-electron chi connectivity index (χ0n) is 9.69. The lowest BCUT2D eigenvalue weighted by Crippen LogP contribution is -2.54. The first-order valence-corrected chi connectivity index (χ1v) is 6.02. The van der Waals surface area contributed by atoms with Crippen LogP contribution in [0.15, 0.2) is 0 Å². The lowest BCUT2D eigenvalue weighted by atomic mass is 10.2. The number of nitrogens with two attached hydrogens (primary N) is 1. The maximum absolute atomic E-state index is 5.76. The van der Waals surface area contributed by atoms with Gasteiger partial charge in [0.15, 0.2) is 0 Å². The number of piperazine rings is 1. The van der Waals surface area contributed by atoms with Gasteiger partial charge in [0.2, 0.25) is 0 Å². The Kier molecular flexibility index (Phi) is 3.97. The van der Waals surface area contributed by atoms with E-state index in [9.17, 15) is 0 Å². The predicted octanol–water partition coefficient (Wildman–Crippen LogP) is -0.260. The molecule has 0 aromatic rings. The molecule has 4 nitrogen and oxygen atoms in total. The largest absolute Gasteiger partial charge is 0.383 e. The van der Waals surface area contributed by atoms with Crippen molar-refractivity contribution in [1.82, 2.24) is 9.80 Å². The molecular weight excluding hydrogens is 190 g/mol. The van der Waals surface area contributed by atoms with E-state index in [0.29, 0.717) is 12.6 Å². The smallest absolute Gasteiger partial charge is 0.0630 e. The van der Waals surface area contributed by atoms with Gasteiger partial charge >= 0.3 is 0 Å². The van der Waals surface area contributed by atoms with Crippen molar-refractivity contribution in [2.75, 3.05) is 46.4 Å². The van der Waals surface area contributed by atoms with E-state index in [2.05, 4.69) is 9.80 Å². The minimum atomic E-state index is 0.413. The summed E-state index contributed by atoms with van der Waals surface area (Å²) in [7, 11) is 1.75. The van der Waals surface area contributed by atoms with Gasteiger partial charge in [-0.1, -0.05) is 0 Å². The van der Waals surface area contributed by atoms with Crippen LogP contribution in [0.25, 0.3) is 0 Å². The van der Waals surface area contributed by atoms with Crippen LogP contribution in [0.5, 0.6) is 0 Å². The second-order valence-electron chi connectivity index (χ2n) is 4.65. The molecule has 1 atom stereocenters. The first kappa shape index (κ1) is 11.3. The van der Waals surface area contributed by atoms with Crippen LogP contribution >= 0.6 is 0 Å². The SMILES string of the molecule is COCC(CN)N1CCN(C2CC2)CC1. The normalized spacial score (nSPS) is 26.8. The van der Waals surface area contributed by atoms with E-state index in [1.165, 1.54) is 25.9 Å². The maximum Gasteiger partial charge on any atom is 0.0630 e. The number of hydrogen-bond donors (Lipinski definition) is 1. The summed E-state index contributed by atoms with van der Waals surface area (Å²) in [4.78, 5) is 5.10. The fourth-order valence-electron chi connectivity index (χ4n) is 2.42. The Bertz CT molecular complexity index is 188. The molecule has 0 aromatic heterocycles. The van der Waals surface area contributed by atoms with Crippen LogP contribution in [0.1, 0.15) is 12.8 Å². The van der Waals surface area contributed by atoms with Crippen molar-refractivity contribution in [3.8, 4) is 0 Å². The molecular formula is C11H23N3O. The van der Waals surface area contributed by atoms with Crippen molar-refractivity contribution >= 4 is 0 Å². The number of hydrogen-bond acceptors (Lipinski definition) is 4. The van der Waals surface area contributed by atoms with Crippen LogP contribution in [0, 0.1) is 0 Å². The van der Waals surface area contributed by atoms with E-state index in [0.717, 1.165) is 25.7 Å². The summed E-state index contributed by atoms with van der Waals surface area (Å²) >= 11 is 0. The molecule has 1 heterocycles. The molecule has 1 aliphatic heterocycles. The highest BCUT2D eigenvalue weighted by Gasteiger charge is 2.32. The molecule has 0 radical (unpaired) electrons. The first-order chi connectivity index (χ1) is 7.35. The number of rotatable bonds is 5. The monoisotopic (exact) mass is 213 g/mol. The third kappa shape index (κ3) is 2.91. The molecule has 1 saturated carbocycles. The van der Waals surface area contributed by atoms with Crippen molar-refractivity contribution in [1.29, 1.82) is 0 Å². The summed E-state index contributed by atoms with van der Waals surface area (Å²) in [5.41, 5.74) is 5.76. The van der Waals surface area contributed by atoms with Crippen LogP contribution in [-0.4, -0.2) is 68.3 Å². The van der Waals surface area contributed by atoms with Crippen molar-refractivity contribution in [2.45, 2.75) is 24.9 Å². The quantitative estimate of drug-likeness (QED) is 0.683. The summed E-state index contributed by atoms with van der Waals surface area (Å²) in [6, 6.07) is 1.32. The Labute approximate surface area is 92.4 Å². The molecule has 0 spiro atoms. The molecule has 2 N–H and O–H groups in total. The molecule has 4 heteroatoms. The summed E-state index contributed by atoms with van der Waals surface area (Å²) in [6.07, 6.45) is 2.83. The third-order valence-electron chi connectivity index (χ3n) is 3.56. The third-order valence-corrected chi connectivity index (χ3v) is 3.56. The van der Waals surface area contributed by atoms with Crippen molar-refractivity contribution in [3.05, 3.63) is 0 Å². The molecule has 0 amide bonds. The van der Waals surface area contributed by atoms with Crippen molar-refractivity contribution in [2.24, 2.45) is 5.73 Å². The summed E-state index contributed by atoms with van der Waals surface area (Å²) in [6.45, 7) is 6.20. The Balaban J connectivity index is 1.75. The molecule has 88 valence electrons. The summed E-state index contributed by atoms with van der Waals surface area (Å²) in [5.74, 6) is 0. The van der Waals surface area contributed by atoms with Crippen molar-refractivity contribution < 1.29 is 4.74 Å². The standard InChI is InChI=1S/C11H23N3O/c1-15-9-11(8-12)14-6-4-13(5-7-14)10-2-3-10/h10-11H,2-9,12H2,1H3. The Morgan fingerprint density at radius 1 is 1.27 bits per heavy atom.